The number of nitrogens with zero attached hydrogens (tertiary/aromatic N) is 1. The molecule has 1 aliphatic rings. The minimum Gasteiger partial charge on any atom is -0.315 e. The largest absolute Gasteiger partial charge is 0.315 e. The Morgan fingerprint density at radius 3 is 2.81 bits per heavy atom. The summed E-state index contributed by atoms with van der Waals surface area (Å²) in [5, 5.41) is 3.56. The van der Waals surface area contributed by atoms with E-state index in [1.807, 2.05) is 0 Å². The molecule has 1 saturated heterocycles. The van der Waals surface area contributed by atoms with E-state index in [9.17, 15) is 0 Å². The highest BCUT2D eigenvalue weighted by molar-refractivity contribution is 5.14. The van der Waals surface area contributed by atoms with Crippen LogP contribution in [0.1, 0.15) is 18.4 Å². The van der Waals surface area contributed by atoms with Gasteiger partial charge in [0.2, 0.25) is 0 Å². The van der Waals surface area contributed by atoms with Gasteiger partial charge in [-0.25, -0.2) is 0 Å². The monoisotopic (exact) mass is 218 g/mol. The second kappa shape index (κ2) is 6.02. The first-order valence-electron chi connectivity index (χ1n) is 6.31. The zero-order valence-electron chi connectivity index (χ0n) is 10.2. The Hall–Kier alpha value is -0.860. The SMILES string of the molecule is CN1CCCC1CNCCc1ccccc1. The molecule has 0 aromatic heterocycles. The van der Waals surface area contributed by atoms with E-state index in [0.29, 0.717) is 0 Å². The fourth-order valence-corrected chi connectivity index (χ4v) is 2.38. The molecule has 1 N–H and O–H groups in total. The number of hydrogen-bond acceptors (Lipinski definition) is 2. The first-order chi connectivity index (χ1) is 7.86. The molecule has 2 rings (SSSR count). The maximum absolute atomic E-state index is 3.56. The minimum absolute atomic E-state index is 0.760. The van der Waals surface area contributed by atoms with Crippen molar-refractivity contribution in [1.82, 2.24) is 10.2 Å². The number of hydrogen-bond donors (Lipinski definition) is 1. The van der Waals surface area contributed by atoms with Crippen LogP contribution in [0.5, 0.6) is 0 Å². The second-order valence-electron chi connectivity index (χ2n) is 4.72. The molecule has 1 heterocycles. The molecule has 88 valence electrons. The average Bonchev–Trinajstić information content (AvgIpc) is 2.72. The van der Waals surface area contributed by atoms with Gasteiger partial charge in [-0.15, -0.1) is 0 Å². The van der Waals surface area contributed by atoms with Crippen LogP contribution in [-0.2, 0) is 6.42 Å². The van der Waals surface area contributed by atoms with Gasteiger partial charge in [-0.05, 0) is 45.0 Å². The number of likely N-dealkylation sites (tertiary alicyclic amines) is 1. The van der Waals surface area contributed by atoms with Crippen LogP contribution in [0.2, 0.25) is 0 Å². The fraction of sp³-hybridized carbons (Fsp3) is 0.571. The van der Waals surface area contributed by atoms with Gasteiger partial charge in [0, 0.05) is 12.6 Å². The molecule has 0 bridgehead atoms. The van der Waals surface area contributed by atoms with E-state index in [-0.39, 0.29) is 0 Å². The van der Waals surface area contributed by atoms with Gasteiger partial charge < -0.3 is 10.2 Å². The molecule has 0 aliphatic carbocycles. The predicted octanol–water partition coefficient (Wildman–Crippen LogP) is 1.91. The summed E-state index contributed by atoms with van der Waals surface area (Å²) in [5.74, 6) is 0. The quantitative estimate of drug-likeness (QED) is 0.760. The van der Waals surface area contributed by atoms with E-state index in [2.05, 4.69) is 47.6 Å². The molecule has 0 radical (unpaired) electrons. The summed E-state index contributed by atoms with van der Waals surface area (Å²) >= 11 is 0. The molecule has 1 unspecified atom stereocenters. The van der Waals surface area contributed by atoms with Gasteiger partial charge in [-0.3, -0.25) is 0 Å². The molecular formula is C14H22N2. The summed E-state index contributed by atoms with van der Waals surface area (Å²) in [6.45, 7) is 3.50. The first kappa shape index (κ1) is 11.6. The Morgan fingerprint density at radius 1 is 1.31 bits per heavy atom. The Labute approximate surface area is 98.7 Å². The van der Waals surface area contributed by atoms with Crippen LogP contribution in [0.15, 0.2) is 30.3 Å². The lowest BCUT2D eigenvalue weighted by Crippen LogP contribution is -2.36. The molecule has 1 aromatic carbocycles. The van der Waals surface area contributed by atoms with E-state index in [4.69, 9.17) is 0 Å². The lowest BCUT2D eigenvalue weighted by molar-refractivity contribution is 0.301. The molecule has 2 heteroatoms. The maximum Gasteiger partial charge on any atom is 0.0218 e. The Bertz CT molecular complexity index is 297. The summed E-state index contributed by atoms with van der Waals surface area (Å²) in [7, 11) is 2.23. The third-order valence-electron chi connectivity index (χ3n) is 3.48. The second-order valence-corrected chi connectivity index (χ2v) is 4.72. The molecule has 1 aliphatic heterocycles. The summed E-state index contributed by atoms with van der Waals surface area (Å²) < 4.78 is 0. The summed E-state index contributed by atoms with van der Waals surface area (Å²) in [4.78, 5) is 2.47. The third kappa shape index (κ3) is 3.32. The van der Waals surface area contributed by atoms with Crippen molar-refractivity contribution in [3.63, 3.8) is 0 Å². The van der Waals surface area contributed by atoms with Crippen LogP contribution in [0, 0.1) is 0 Å². The predicted molar refractivity (Wildman–Crippen MR) is 68.7 cm³/mol. The average molecular weight is 218 g/mol. The van der Waals surface area contributed by atoms with Crippen molar-refractivity contribution >= 4 is 0 Å². The van der Waals surface area contributed by atoms with Gasteiger partial charge in [0.1, 0.15) is 0 Å². The van der Waals surface area contributed by atoms with E-state index in [1.165, 1.54) is 24.9 Å². The number of likely N-dealkylation sites (N-methyl/N-ethyl adjacent to an activating group) is 1. The lowest BCUT2D eigenvalue weighted by Gasteiger charge is -2.19. The van der Waals surface area contributed by atoms with Crippen molar-refractivity contribution < 1.29 is 0 Å². The zero-order valence-corrected chi connectivity index (χ0v) is 10.2. The van der Waals surface area contributed by atoms with Crippen LogP contribution in [-0.4, -0.2) is 37.6 Å². The van der Waals surface area contributed by atoms with Crippen molar-refractivity contribution in [1.29, 1.82) is 0 Å². The number of rotatable bonds is 5. The van der Waals surface area contributed by atoms with Crippen molar-refractivity contribution in [2.45, 2.75) is 25.3 Å². The molecule has 2 nitrogen and oxygen atoms in total. The van der Waals surface area contributed by atoms with Crippen molar-refractivity contribution in [2.75, 3.05) is 26.7 Å². The molecule has 1 fully saturated rings. The van der Waals surface area contributed by atoms with Gasteiger partial charge in [0.15, 0.2) is 0 Å². The highest BCUT2D eigenvalue weighted by Crippen LogP contribution is 2.13. The number of benzene rings is 1. The smallest absolute Gasteiger partial charge is 0.0218 e. The Morgan fingerprint density at radius 2 is 2.12 bits per heavy atom. The van der Waals surface area contributed by atoms with Crippen LogP contribution < -0.4 is 5.32 Å². The normalized spacial score (nSPS) is 21.4. The third-order valence-corrected chi connectivity index (χ3v) is 3.48. The van der Waals surface area contributed by atoms with Crippen molar-refractivity contribution in [2.24, 2.45) is 0 Å². The topological polar surface area (TPSA) is 15.3 Å². The van der Waals surface area contributed by atoms with Crippen LogP contribution in [0.3, 0.4) is 0 Å². The van der Waals surface area contributed by atoms with Gasteiger partial charge in [-0.1, -0.05) is 30.3 Å². The summed E-state index contributed by atoms with van der Waals surface area (Å²) in [5.41, 5.74) is 1.43. The van der Waals surface area contributed by atoms with Crippen LogP contribution >= 0.6 is 0 Å². The van der Waals surface area contributed by atoms with Crippen molar-refractivity contribution in [3.05, 3.63) is 35.9 Å². The van der Waals surface area contributed by atoms with Crippen LogP contribution in [0.4, 0.5) is 0 Å². The van der Waals surface area contributed by atoms with Gasteiger partial charge in [0.05, 0.1) is 0 Å². The first-order valence-corrected chi connectivity index (χ1v) is 6.31. The molecule has 0 spiro atoms. The molecule has 1 atom stereocenters. The Kier molecular flexibility index (Phi) is 4.37. The number of nitrogens with one attached hydrogen (secondary N) is 1. The zero-order chi connectivity index (χ0) is 11.2. The molecule has 1 aromatic rings. The van der Waals surface area contributed by atoms with Gasteiger partial charge >= 0.3 is 0 Å². The molecule has 16 heavy (non-hydrogen) atoms. The molecular weight excluding hydrogens is 196 g/mol. The fourth-order valence-electron chi connectivity index (χ4n) is 2.38. The lowest BCUT2D eigenvalue weighted by atomic mass is 10.1. The highest BCUT2D eigenvalue weighted by atomic mass is 15.2. The van der Waals surface area contributed by atoms with E-state index >= 15 is 0 Å². The summed E-state index contributed by atoms with van der Waals surface area (Å²) in [6.07, 6.45) is 3.85. The van der Waals surface area contributed by atoms with E-state index < -0.39 is 0 Å². The van der Waals surface area contributed by atoms with E-state index in [0.717, 1.165) is 25.6 Å². The highest BCUT2D eigenvalue weighted by Gasteiger charge is 2.19. The maximum atomic E-state index is 3.56. The van der Waals surface area contributed by atoms with Crippen LogP contribution in [0.25, 0.3) is 0 Å². The molecule has 0 amide bonds. The van der Waals surface area contributed by atoms with Gasteiger partial charge in [-0.2, -0.15) is 0 Å². The minimum atomic E-state index is 0.760. The van der Waals surface area contributed by atoms with Gasteiger partial charge in [0.25, 0.3) is 0 Å². The standard InChI is InChI=1S/C14H22N2/c1-16-11-5-8-14(16)12-15-10-9-13-6-3-2-4-7-13/h2-4,6-7,14-15H,5,8-12H2,1H3. The van der Waals surface area contributed by atoms with E-state index in [1.54, 1.807) is 0 Å². The Balaban J connectivity index is 1.62. The molecule has 0 saturated carbocycles. The van der Waals surface area contributed by atoms with Crippen molar-refractivity contribution in [3.8, 4) is 0 Å². The summed E-state index contributed by atoms with van der Waals surface area (Å²) in [6, 6.07) is 11.5.